The third kappa shape index (κ3) is 3.11. The van der Waals surface area contributed by atoms with Crippen molar-refractivity contribution >= 4 is 21.6 Å². The molecule has 0 atom stereocenters. The topological polar surface area (TPSA) is 89.3 Å². The van der Waals surface area contributed by atoms with Crippen LogP contribution in [-0.2, 0) is 10.0 Å². The number of rotatable bonds is 4. The van der Waals surface area contributed by atoms with Crippen LogP contribution in [0.3, 0.4) is 0 Å². The molecule has 5 nitrogen and oxygen atoms in total. The van der Waals surface area contributed by atoms with Gasteiger partial charge in [0.05, 0.1) is 4.90 Å². The Labute approximate surface area is 111 Å². The highest BCUT2D eigenvalue weighted by Gasteiger charge is 2.14. The van der Waals surface area contributed by atoms with E-state index in [1.807, 2.05) is 0 Å². The molecule has 2 aromatic carbocycles. The minimum atomic E-state index is -3.66. The molecule has 19 heavy (non-hydrogen) atoms. The number of carbonyl (C=O) groups is 1. The molecule has 0 fully saturated rings. The average molecular weight is 276 g/mol. The van der Waals surface area contributed by atoms with Crippen molar-refractivity contribution in [2.45, 2.75) is 4.90 Å². The number of hydrogen-bond acceptors (Lipinski definition) is 3. The molecule has 0 heterocycles. The van der Waals surface area contributed by atoms with Gasteiger partial charge in [-0.1, -0.05) is 18.2 Å². The summed E-state index contributed by atoms with van der Waals surface area (Å²) in [5.41, 5.74) is 5.83. The van der Waals surface area contributed by atoms with Crippen LogP contribution in [-0.4, -0.2) is 14.3 Å². The second kappa shape index (κ2) is 5.11. The van der Waals surface area contributed by atoms with Gasteiger partial charge < -0.3 is 5.73 Å². The number of hydrogen-bond donors (Lipinski definition) is 2. The Balaban J connectivity index is 2.27. The number of anilines is 1. The van der Waals surface area contributed by atoms with Crippen LogP contribution in [0, 0.1) is 0 Å². The molecule has 98 valence electrons. The highest BCUT2D eigenvalue weighted by Crippen LogP contribution is 2.16. The van der Waals surface area contributed by atoms with Gasteiger partial charge in [-0.05, 0) is 36.4 Å². The van der Waals surface area contributed by atoms with Crippen LogP contribution in [0.4, 0.5) is 5.69 Å². The number of sulfonamides is 1. The fourth-order valence-corrected chi connectivity index (χ4v) is 2.58. The van der Waals surface area contributed by atoms with E-state index >= 15 is 0 Å². The Morgan fingerprint density at radius 3 is 2.05 bits per heavy atom. The van der Waals surface area contributed by atoms with E-state index in [-0.39, 0.29) is 10.5 Å². The zero-order valence-corrected chi connectivity index (χ0v) is 10.7. The summed E-state index contributed by atoms with van der Waals surface area (Å²) < 4.78 is 26.6. The van der Waals surface area contributed by atoms with E-state index in [2.05, 4.69) is 4.72 Å². The predicted octanol–water partition coefficient (Wildman–Crippen LogP) is 1.59. The molecule has 0 saturated carbocycles. The second-order valence-electron chi connectivity index (χ2n) is 3.86. The van der Waals surface area contributed by atoms with E-state index in [0.717, 1.165) is 0 Å². The van der Waals surface area contributed by atoms with Crippen LogP contribution < -0.4 is 10.5 Å². The highest BCUT2D eigenvalue weighted by molar-refractivity contribution is 7.92. The molecule has 2 aromatic rings. The molecule has 6 heteroatoms. The molecule has 0 radical (unpaired) electrons. The van der Waals surface area contributed by atoms with Gasteiger partial charge in [0.15, 0.2) is 0 Å². The van der Waals surface area contributed by atoms with E-state index in [1.54, 1.807) is 30.3 Å². The zero-order valence-electron chi connectivity index (χ0n) is 9.91. The standard InChI is InChI=1S/C13H12N2O3S/c14-13(16)10-6-8-12(9-7-10)19(17,18)15-11-4-2-1-3-5-11/h1-9,15H,(H2,14,16). The van der Waals surface area contributed by atoms with Crippen molar-refractivity contribution in [3.05, 3.63) is 60.2 Å². The molecule has 0 saturated heterocycles. The molecule has 0 aliphatic heterocycles. The minimum Gasteiger partial charge on any atom is -0.366 e. The summed E-state index contributed by atoms with van der Waals surface area (Å²) in [6.07, 6.45) is 0. The van der Waals surface area contributed by atoms with Crippen LogP contribution in [0.5, 0.6) is 0 Å². The lowest BCUT2D eigenvalue weighted by atomic mass is 10.2. The summed E-state index contributed by atoms with van der Waals surface area (Å²) in [5.74, 6) is -0.597. The molecule has 0 bridgehead atoms. The lowest BCUT2D eigenvalue weighted by Crippen LogP contribution is -2.14. The number of para-hydroxylation sites is 1. The lowest BCUT2D eigenvalue weighted by molar-refractivity contribution is 0.1000. The Hall–Kier alpha value is -2.34. The van der Waals surface area contributed by atoms with Gasteiger partial charge in [-0.3, -0.25) is 9.52 Å². The number of benzene rings is 2. The zero-order chi connectivity index (χ0) is 13.9. The molecule has 0 spiro atoms. The van der Waals surface area contributed by atoms with Gasteiger partial charge in [0.2, 0.25) is 5.91 Å². The first-order valence-electron chi connectivity index (χ1n) is 5.47. The largest absolute Gasteiger partial charge is 0.366 e. The van der Waals surface area contributed by atoms with Crippen molar-refractivity contribution in [2.75, 3.05) is 4.72 Å². The molecule has 2 rings (SSSR count). The smallest absolute Gasteiger partial charge is 0.261 e. The number of carbonyl (C=O) groups excluding carboxylic acids is 1. The van der Waals surface area contributed by atoms with E-state index in [4.69, 9.17) is 5.73 Å². The van der Waals surface area contributed by atoms with E-state index in [1.165, 1.54) is 24.3 Å². The maximum atomic E-state index is 12.1. The Bertz CT molecular complexity index is 680. The van der Waals surface area contributed by atoms with E-state index in [9.17, 15) is 13.2 Å². The first kappa shape index (κ1) is 13.1. The average Bonchev–Trinajstić information content (AvgIpc) is 2.39. The van der Waals surface area contributed by atoms with E-state index < -0.39 is 15.9 Å². The first-order valence-corrected chi connectivity index (χ1v) is 6.95. The molecule has 0 aliphatic rings. The summed E-state index contributed by atoms with van der Waals surface area (Å²) in [6.45, 7) is 0. The van der Waals surface area contributed by atoms with Crippen LogP contribution in [0.25, 0.3) is 0 Å². The molecular weight excluding hydrogens is 264 g/mol. The number of amides is 1. The van der Waals surface area contributed by atoms with Gasteiger partial charge in [-0.2, -0.15) is 0 Å². The summed E-state index contributed by atoms with van der Waals surface area (Å²) in [7, 11) is -3.66. The number of primary amides is 1. The fourth-order valence-electron chi connectivity index (χ4n) is 1.52. The van der Waals surface area contributed by atoms with Crippen LogP contribution in [0.1, 0.15) is 10.4 Å². The highest BCUT2D eigenvalue weighted by atomic mass is 32.2. The monoisotopic (exact) mass is 276 g/mol. The van der Waals surface area contributed by atoms with Crippen molar-refractivity contribution in [3.8, 4) is 0 Å². The molecule has 3 N–H and O–H groups in total. The summed E-state index contributed by atoms with van der Waals surface area (Å²) in [4.78, 5) is 11.0. The lowest BCUT2D eigenvalue weighted by Gasteiger charge is -2.08. The van der Waals surface area contributed by atoms with Gasteiger partial charge >= 0.3 is 0 Å². The molecular formula is C13H12N2O3S. The molecule has 0 aromatic heterocycles. The van der Waals surface area contributed by atoms with Crippen molar-refractivity contribution in [1.82, 2.24) is 0 Å². The number of nitrogens with one attached hydrogen (secondary N) is 1. The summed E-state index contributed by atoms with van der Waals surface area (Å²) in [5, 5.41) is 0. The van der Waals surface area contributed by atoms with Crippen LogP contribution >= 0.6 is 0 Å². The van der Waals surface area contributed by atoms with Gasteiger partial charge in [0.25, 0.3) is 10.0 Å². The SMILES string of the molecule is NC(=O)c1ccc(S(=O)(=O)Nc2ccccc2)cc1. The van der Waals surface area contributed by atoms with Crippen LogP contribution in [0.15, 0.2) is 59.5 Å². The van der Waals surface area contributed by atoms with Crippen molar-refractivity contribution in [2.24, 2.45) is 5.73 Å². The molecule has 1 amide bonds. The Morgan fingerprint density at radius 1 is 0.947 bits per heavy atom. The third-order valence-electron chi connectivity index (χ3n) is 2.48. The van der Waals surface area contributed by atoms with E-state index in [0.29, 0.717) is 5.69 Å². The molecule has 0 unspecified atom stereocenters. The first-order chi connectivity index (χ1) is 8.99. The van der Waals surface area contributed by atoms with Gasteiger partial charge in [-0.15, -0.1) is 0 Å². The Kier molecular flexibility index (Phi) is 3.52. The maximum absolute atomic E-state index is 12.1. The number of nitrogens with two attached hydrogens (primary N) is 1. The summed E-state index contributed by atoms with van der Waals surface area (Å²) >= 11 is 0. The van der Waals surface area contributed by atoms with Gasteiger partial charge in [0, 0.05) is 11.3 Å². The van der Waals surface area contributed by atoms with Crippen molar-refractivity contribution in [1.29, 1.82) is 0 Å². The Morgan fingerprint density at radius 2 is 1.53 bits per heavy atom. The quantitative estimate of drug-likeness (QED) is 0.888. The van der Waals surface area contributed by atoms with Crippen molar-refractivity contribution in [3.63, 3.8) is 0 Å². The minimum absolute atomic E-state index is 0.0707. The second-order valence-corrected chi connectivity index (χ2v) is 5.54. The summed E-state index contributed by atoms with van der Waals surface area (Å²) in [6, 6.07) is 14.0. The predicted molar refractivity (Wildman–Crippen MR) is 72.2 cm³/mol. The normalized spacial score (nSPS) is 10.9. The van der Waals surface area contributed by atoms with Crippen LogP contribution in [0.2, 0.25) is 0 Å². The maximum Gasteiger partial charge on any atom is 0.261 e. The van der Waals surface area contributed by atoms with Gasteiger partial charge in [-0.25, -0.2) is 8.42 Å². The molecule has 0 aliphatic carbocycles. The van der Waals surface area contributed by atoms with Gasteiger partial charge in [0.1, 0.15) is 0 Å². The fraction of sp³-hybridized carbons (Fsp3) is 0. The van der Waals surface area contributed by atoms with Crippen molar-refractivity contribution < 1.29 is 13.2 Å². The third-order valence-corrected chi connectivity index (χ3v) is 3.87.